The van der Waals surface area contributed by atoms with E-state index in [1.165, 1.54) is 6.33 Å². The maximum Gasteiger partial charge on any atom is 0.138 e. The highest BCUT2D eigenvalue weighted by Crippen LogP contribution is 2.28. The van der Waals surface area contributed by atoms with Crippen LogP contribution in [0.3, 0.4) is 0 Å². The zero-order valence-electron chi connectivity index (χ0n) is 11.6. The molecule has 0 saturated heterocycles. The molecule has 1 atom stereocenters. The molecule has 0 aliphatic heterocycles. The van der Waals surface area contributed by atoms with Gasteiger partial charge >= 0.3 is 0 Å². The summed E-state index contributed by atoms with van der Waals surface area (Å²) in [5, 5.41) is 11.4. The van der Waals surface area contributed by atoms with Crippen molar-refractivity contribution >= 4 is 28.6 Å². The third-order valence-electron chi connectivity index (χ3n) is 3.08. The third kappa shape index (κ3) is 3.06. The topological polar surface area (TPSA) is 55.6 Å². The first-order valence-corrected chi connectivity index (χ1v) is 7.72. The Labute approximate surface area is 131 Å². The summed E-state index contributed by atoms with van der Waals surface area (Å²) >= 11 is 7.76. The number of hydrogen-bond donors (Lipinski definition) is 1. The number of halogens is 1. The highest BCUT2D eigenvalue weighted by Gasteiger charge is 2.13. The number of nitrogens with one attached hydrogen (secondary N) is 1. The lowest BCUT2D eigenvalue weighted by atomic mass is 10.2. The SMILES string of the molecule is Cc1nc(C(C)Nc2cc(Cl)ccc2-n2cncn2)cs1. The molecular weight excluding hydrogens is 306 g/mol. The van der Waals surface area contributed by atoms with E-state index in [9.17, 15) is 0 Å². The third-order valence-corrected chi connectivity index (χ3v) is 4.10. The van der Waals surface area contributed by atoms with Gasteiger partial charge in [-0.15, -0.1) is 11.3 Å². The van der Waals surface area contributed by atoms with Gasteiger partial charge in [-0.2, -0.15) is 5.10 Å². The number of nitrogens with zero attached hydrogens (tertiary/aromatic N) is 4. The normalized spacial score (nSPS) is 12.3. The standard InChI is InChI=1S/C14H14ClN5S/c1-9(13-6-21-10(2)19-13)18-12-5-11(15)3-4-14(12)20-8-16-7-17-20/h3-9,18H,1-2H3. The second-order valence-corrected chi connectivity index (χ2v) is 6.16. The van der Waals surface area contributed by atoms with Gasteiger partial charge in [-0.3, -0.25) is 0 Å². The molecule has 0 fully saturated rings. The molecule has 3 aromatic rings. The first kappa shape index (κ1) is 14.0. The van der Waals surface area contributed by atoms with Crippen LogP contribution < -0.4 is 5.32 Å². The lowest BCUT2D eigenvalue weighted by Gasteiger charge is -2.17. The van der Waals surface area contributed by atoms with E-state index in [0.717, 1.165) is 22.1 Å². The summed E-state index contributed by atoms with van der Waals surface area (Å²) < 4.78 is 1.71. The number of anilines is 1. The average molecular weight is 320 g/mol. The Hall–Kier alpha value is -1.92. The maximum atomic E-state index is 6.11. The van der Waals surface area contributed by atoms with Gasteiger partial charge < -0.3 is 5.32 Å². The molecule has 1 aromatic carbocycles. The molecule has 0 spiro atoms. The molecule has 0 aliphatic rings. The summed E-state index contributed by atoms with van der Waals surface area (Å²) in [5.41, 5.74) is 2.81. The summed E-state index contributed by atoms with van der Waals surface area (Å²) in [4.78, 5) is 8.49. The van der Waals surface area contributed by atoms with Crippen LogP contribution in [0.25, 0.3) is 5.69 Å². The number of hydrogen-bond acceptors (Lipinski definition) is 5. The Kier molecular flexibility index (Phi) is 3.90. The average Bonchev–Trinajstić information content (AvgIpc) is 3.10. The minimum absolute atomic E-state index is 0.0793. The van der Waals surface area contributed by atoms with E-state index < -0.39 is 0 Å². The van der Waals surface area contributed by atoms with Crippen molar-refractivity contribution in [2.24, 2.45) is 0 Å². The van der Waals surface area contributed by atoms with E-state index in [4.69, 9.17) is 11.6 Å². The molecule has 0 amide bonds. The van der Waals surface area contributed by atoms with Gasteiger partial charge in [0.25, 0.3) is 0 Å². The van der Waals surface area contributed by atoms with Gasteiger partial charge in [-0.1, -0.05) is 11.6 Å². The van der Waals surface area contributed by atoms with Crippen molar-refractivity contribution in [1.29, 1.82) is 0 Å². The van der Waals surface area contributed by atoms with Crippen molar-refractivity contribution in [2.75, 3.05) is 5.32 Å². The van der Waals surface area contributed by atoms with E-state index in [0.29, 0.717) is 5.02 Å². The van der Waals surface area contributed by atoms with Crippen molar-refractivity contribution in [3.05, 3.63) is 52.0 Å². The van der Waals surface area contributed by atoms with Crippen molar-refractivity contribution in [3.8, 4) is 5.69 Å². The number of aromatic nitrogens is 4. The molecule has 0 aliphatic carbocycles. The Morgan fingerprint density at radius 3 is 2.90 bits per heavy atom. The predicted molar refractivity (Wildman–Crippen MR) is 85.3 cm³/mol. The molecule has 3 rings (SSSR count). The number of thiazole rings is 1. The van der Waals surface area contributed by atoms with Crippen LogP contribution in [-0.2, 0) is 0 Å². The Bertz CT molecular complexity index is 738. The predicted octanol–water partition coefficient (Wildman–Crippen LogP) is 3.86. The second kappa shape index (κ2) is 5.83. The van der Waals surface area contributed by atoms with Crippen LogP contribution in [0.2, 0.25) is 5.02 Å². The molecule has 1 unspecified atom stereocenters. The van der Waals surface area contributed by atoms with Crippen LogP contribution in [0, 0.1) is 6.92 Å². The van der Waals surface area contributed by atoms with E-state index >= 15 is 0 Å². The summed E-state index contributed by atoms with van der Waals surface area (Å²) in [6.45, 7) is 4.07. The minimum atomic E-state index is 0.0793. The lowest BCUT2D eigenvalue weighted by molar-refractivity contribution is 0.830. The fourth-order valence-corrected chi connectivity index (χ4v) is 2.92. The largest absolute Gasteiger partial charge is 0.375 e. The van der Waals surface area contributed by atoms with Crippen LogP contribution in [0.5, 0.6) is 0 Å². The first-order valence-electron chi connectivity index (χ1n) is 6.46. The van der Waals surface area contributed by atoms with E-state index in [-0.39, 0.29) is 6.04 Å². The van der Waals surface area contributed by atoms with E-state index in [2.05, 4.69) is 32.7 Å². The van der Waals surface area contributed by atoms with Crippen molar-refractivity contribution in [1.82, 2.24) is 19.7 Å². The van der Waals surface area contributed by atoms with Crippen LogP contribution in [0.15, 0.2) is 36.2 Å². The quantitative estimate of drug-likeness (QED) is 0.793. The molecule has 0 saturated carbocycles. The van der Waals surface area contributed by atoms with Crippen LogP contribution in [-0.4, -0.2) is 19.7 Å². The summed E-state index contributed by atoms with van der Waals surface area (Å²) in [6, 6.07) is 5.71. The molecule has 0 bridgehead atoms. The van der Waals surface area contributed by atoms with Crippen LogP contribution in [0.1, 0.15) is 23.7 Å². The number of rotatable bonds is 4. The van der Waals surface area contributed by atoms with Gasteiger partial charge in [0, 0.05) is 10.4 Å². The molecule has 1 N–H and O–H groups in total. The van der Waals surface area contributed by atoms with Crippen LogP contribution in [0.4, 0.5) is 5.69 Å². The highest BCUT2D eigenvalue weighted by molar-refractivity contribution is 7.09. The summed E-state index contributed by atoms with van der Waals surface area (Å²) in [7, 11) is 0. The first-order chi connectivity index (χ1) is 10.1. The Balaban J connectivity index is 1.92. The van der Waals surface area contributed by atoms with E-state index in [1.807, 2.05) is 25.1 Å². The van der Waals surface area contributed by atoms with Gasteiger partial charge in [-0.05, 0) is 32.0 Å². The fraction of sp³-hybridized carbons (Fsp3) is 0.214. The van der Waals surface area contributed by atoms with Crippen molar-refractivity contribution < 1.29 is 0 Å². The monoisotopic (exact) mass is 319 g/mol. The molecule has 108 valence electrons. The minimum Gasteiger partial charge on any atom is -0.375 e. The Morgan fingerprint density at radius 2 is 2.24 bits per heavy atom. The maximum absolute atomic E-state index is 6.11. The fourth-order valence-electron chi connectivity index (χ4n) is 2.04. The molecular formula is C14H14ClN5S. The van der Waals surface area contributed by atoms with Crippen molar-refractivity contribution in [2.45, 2.75) is 19.9 Å². The number of aryl methyl sites for hydroxylation is 1. The van der Waals surface area contributed by atoms with E-state index in [1.54, 1.807) is 22.3 Å². The van der Waals surface area contributed by atoms with Gasteiger partial charge in [0.15, 0.2) is 0 Å². The van der Waals surface area contributed by atoms with Crippen LogP contribution >= 0.6 is 22.9 Å². The molecule has 2 aromatic heterocycles. The zero-order valence-corrected chi connectivity index (χ0v) is 13.2. The van der Waals surface area contributed by atoms with Gasteiger partial charge in [-0.25, -0.2) is 14.6 Å². The zero-order chi connectivity index (χ0) is 14.8. The Morgan fingerprint density at radius 1 is 1.38 bits per heavy atom. The highest BCUT2D eigenvalue weighted by atomic mass is 35.5. The van der Waals surface area contributed by atoms with Crippen molar-refractivity contribution in [3.63, 3.8) is 0 Å². The summed E-state index contributed by atoms with van der Waals surface area (Å²) in [6.07, 6.45) is 3.16. The molecule has 5 nitrogen and oxygen atoms in total. The lowest BCUT2D eigenvalue weighted by Crippen LogP contribution is -2.10. The molecule has 0 radical (unpaired) electrons. The number of benzene rings is 1. The smallest absolute Gasteiger partial charge is 0.138 e. The second-order valence-electron chi connectivity index (χ2n) is 4.66. The van der Waals surface area contributed by atoms with Gasteiger partial charge in [0.05, 0.1) is 28.1 Å². The summed E-state index contributed by atoms with van der Waals surface area (Å²) in [5.74, 6) is 0. The van der Waals surface area contributed by atoms with Gasteiger partial charge in [0.1, 0.15) is 12.7 Å². The molecule has 2 heterocycles. The molecule has 7 heteroatoms. The van der Waals surface area contributed by atoms with Gasteiger partial charge in [0.2, 0.25) is 0 Å². The molecule has 21 heavy (non-hydrogen) atoms.